The monoisotopic (exact) mass is 293 g/mol. The number of rotatable bonds is 5. The minimum absolute atomic E-state index is 0.0564. The number of carbonyl (C=O) groups excluding carboxylic acids is 2. The summed E-state index contributed by atoms with van der Waals surface area (Å²) in [7, 11) is 5.31. The highest BCUT2D eigenvalue weighted by molar-refractivity contribution is 5.97. The van der Waals surface area contributed by atoms with E-state index in [9.17, 15) is 9.59 Å². The van der Waals surface area contributed by atoms with Gasteiger partial charge in [0, 0.05) is 32.9 Å². The molecule has 6 nitrogen and oxygen atoms in total. The number of hydrogen-bond donors (Lipinski definition) is 1. The van der Waals surface area contributed by atoms with Crippen molar-refractivity contribution in [1.82, 2.24) is 4.90 Å². The van der Waals surface area contributed by atoms with Crippen LogP contribution in [0, 0.1) is 0 Å². The highest BCUT2D eigenvalue weighted by atomic mass is 16.5. The SMILES string of the molecule is CC(C)N(C)C(=O)COC(=O)c1cc(N)ccc1N(C)C. The van der Waals surface area contributed by atoms with E-state index >= 15 is 0 Å². The summed E-state index contributed by atoms with van der Waals surface area (Å²) in [6.45, 7) is 3.50. The van der Waals surface area contributed by atoms with Gasteiger partial charge in [-0.05, 0) is 32.0 Å². The summed E-state index contributed by atoms with van der Waals surface area (Å²) in [4.78, 5) is 27.3. The van der Waals surface area contributed by atoms with Gasteiger partial charge in [0.05, 0.1) is 11.3 Å². The molecule has 0 aliphatic carbocycles. The van der Waals surface area contributed by atoms with Crippen LogP contribution in [0.2, 0.25) is 0 Å². The van der Waals surface area contributed by atoms with Crippen molar-refractivity contribution in [2.75, 3.05) is 38.4 Å². The zero-order valence-corrected chi connectivity index (χ0v) is 13.2. The predicted octanol–water partition coefficient (Wildman–Crippen LogP) is 1.36. The molecule has 21 heavy (non-hydrogen) atoms. The lowest BCUT2D eigenvalue weighted by atomic mass is 10.1. The maximum atomic E-state index is 12.1. The van der Waals surface area contributed by atoms with Crippen LogP contribution >= 0.6 is 0 Å². The molecule has 6 heteroatoms. The summed E-state index contributed by atoms with van der Waals surface area (Å²) in [5, 5.41) is 0. The molecule has 0 aliphatic rings. The second kappa shape index (κ2) is 6.97. The molecule has 1 aromatic carbocycles. The van der Waals surface area contributed by atoms with Crippen LogP contribution in [0.4, 0.5) is 11.4 Å². The first-order valence-corrected chi connectivity index (χ1v) is 6.73. The molecule has 0 unspecified atom stereocenters. The topological polar surface area (TPSA) is 75.9 Å². The number of anilines is 2. The van der Waals surface area contributed by atoms with Gasteiger partial charge in [0.2, 0.25) is 0 Å². The summed E-state index contributed by atoms with van der Waals surface area (Å²) in [5.41, 5.74) is 7.22. The molecule has 0 spiro atoms. The summed E-state index contributed by atoms with van der Waals surface area (Å²) >= 11 is 0. The Hall–Kier alpha value is -2.24. The fraction of sp³-hybridized carbons (Fsp3) is 0.467. The van der Waals surface area contributed by atoms with Crippen molar-refractivity contribution >= 4 is 23.3 Å². The Labute approximate surface area is 125 Å². The maximum absolute atomic E-state index is 12.1. The van der Waals surface area contributed by atoms with Crippen LogP contribution in [0.1, 0.15) is 24.2 Å². The Morgan fingerprint density at radius 1 is 1.24 bits per heavy atom. The first-order valence-electron chi connectivity index (χ1n) is 6.73. The Morgan fingerprint density at radius 3 is 2.38 bits per heavy atom. The highest BCUT2D eigenvalue weighted by Gasteiger charge is 2.18. The van der Waals surface area contributed by atoms with E-state index in [4.69, 9.17) is 10.5 Å². The number of nitrogens with zero attached hydrogens (tertiary/aromatic N) is 2. The quantitative estimate of drug-likeness (QED) is 0.655. The number of amides is 1. The van der Waals surface area contributed by atoms with Crippen molar-refractivity contribution in [3.8, 4) is 0 Å². The second-order valence-electron chi connectivity index (χ2n) is 5.35. The number of hydrogen-bond acceptors (Lipinski definition) is 5. The number of ether oxygens (including phenoxy) is 1. The fourth-order valence-corrected chi connectivity index (χ4v) is 1.70. The van der Waals surface area contributed by atoms with Gasteiger partial charge >= 0.3 is 5.97 Å². The van der Waals surface area contributed by atoms with Crippen molar-refractivity contribution in [3.05, 3.63) is 23.8 Å². The van der Waals surface area contributed by atoms with E-state index in [1.807, 2.05) is 27.9 Å². The van der Waals surface area contributed by atoms with Crippen molar-refractivity contribution < 1.29 is 14.3 Å². The average Bonchev–Trinajstić information content (AvgIpc) is 2.42. The first kappa shape index (κ1) is 16.8. The smallest absolute Gasteiger partial charge is 0.340 e. The molecule has 0 aromatic heterocycles. The summed E-state index contributed by atoms with van der Waals surface area (Å²) < 4.78 is 5.09. The molecule has 0 fully saturated rings. The molecular formula is C15H23N3O3. The Balaban J connectivity index is 2.81. The van der Waals surface area contributed by atoms with Crippen LogP contribution in [0.3, 0.4) is 0 Å². The lowest BCUT2D eigenvalue weighted by Gasteiger charge is -2.21. The molecule has 0 bridgehead atoms. The van der Waals surface area contributed by atoms with Crippen molar-refractivity contribution in [2.45, 2.75) is 19.9 Å². The number of nitrogens with two attached hydrogens (primary N) is 1. The average molecular weight is 293 g/mol. The van der Waals surface area contributed by atoms with Crippen molar-refractivity contribution in [1.29, 1.82) is 0 Å². The molecule has 2 N–H and O–H groups in total. The molecule has 0 heterocycles. The van der Waals surface area contributed by atoms with E-state index in [-0.39, 0.29) is 18.6 Å². The maximum Gasteiger partial charge on any atom is 0.340 e. The molecule has 1 rings (SSSR count). The van der Waals surface area contributed by atoms with Gasteiger partial charge in [-0.3, -0.25) is 4.79 Å². The molecular weight excluding hydrogens is 270 g/mol. The number of carbonyl (C=O) groups is 2. The molecule has 1 amide bonds. The lowest BCUT2D eigenvalue weighted by Crippen LogP contribution is -2.36. The highest BCUT2D eigenvalue weighted by Crippen LogP contribution is 2.22. The van der Waals surface area contributed by atoms with Crippen LogP contribution < -0.4 is 10.6 Å². The molecule has 0 saturated heterocycles. The molecule has 116 valence electrons. The zero-order chi connectivity index (χ0) is 16.2. The third kappa shape index (κ3) is 4.37. The van der Waals surface area contributed by atoms with Crippen molar-refractivity contribution in [3.63, 3.8) is 0 Å². The molecule has 0 radical (unpaired) electrons. The molecule has 0 atom stereocenters. The lowest BCUT2D eigenvalue weighted by molar-refractivity contribution is -0.134. The van der Waals surface area contributed by atoms with E-state index in [0.29, 0.717) is 16.9 Å². The van der Waals surface area contributed by atoms with Crippen LogP contribution in [0.15, 0.2) is 18.2 Å². The number of benzene rings is 1. The van der Waals surface area contributed by atoms with Gasteiger partial charge < -0.3 is 20.3 Å². The van der Waals surface area contributed by atoms with Crippen LogP contribution in [-0.4, -0.2) is 50.6 Å². The zero-order valence-electron chi connectivity index (χ0n) is 13.2. The Bertz CT molecular complexity index is 527. The van der Waals surface area contributed by atoms with Gasteiger partial charge in [-0.2, -0.15) is 0 Å². The van der Waals surface area contributed by atoms with E-state index in [1.165, 1.54) is 4.90 Å². The van der Waals surface area contributed by atoms with Gasteiger partial charge in [-0.15, -0.1) is 0 Å². The van der Waals surface area contributed by atoms with Gasteiger partial charge in [0.1, 0.15) is 0 Å². The normalized spacial score (nSPS) is 10.4. The minimum atomic E-state index is -0.559. The fourth-order valence-electron chi connectivity index (χ4n) is 1.70. The molecule has 0 aliphatic heterocycles. The number of likely N-dealkylation sites (N-methyl/N-ethyl adjacent to an activating group) is 1. The molecule has 0 saturated carbocycles. The summed E-state index contributed by atoms with van der Waals surface area (Å²) in [6.07, 6.45) is 0. The van der Waals surface area contributed by atoms with Gasteiger partial charge in [-0.1, -0.05) is 0 Å². The molecule has 1 aromatic rings. The predicted molar refractivity (Wildman–Crippen MR) is 83.4 cm³/mol. The number of nitrogen functional groups attached to an aromatic ring is 1. The van der Waals surface area contributed by atoms with Crippen molar-refractivity contribution in [2.24, 2.45) is 0 Å². The first-order chi connectivity index (χ1) is 9.73. The van der Waals surface area contributed by atoms with Crippen LogP contribution in [0.5, 0.6) is 0 Å². The Kier molecular flexibility index (Phi) is 5.58. The second-order valence-corrected chi connectivity index (χ2v) is 5.35. The third-order valence-electron chi connectivity index (χ3n) is 3.22. The van der Waals surface area contributed by atoms with Gasteiger partial charge in [0.15, 0.2) is 6.61 Å². The largest absolute Gasteiger partial charge is 0.452 e. The van der Waals surface area contributed by atoms with Crippen LogP contribution in [-0.2, 0) is 9.53 Å². The summed E-state index contributed by atoms with van der Waals surface area (Å²) in [5.74, 6) is -0.801. The van der Waals surface area contributed by atoms with Gasteiger partial charge in [0.25, 0.3) is 5.91 Å². The summed E-state index contributed by atoms with van der Waals surface area (Å²) in [6, 6.07) is 5.06. The van der Waals surface area contributed by atoms with Crippen LogP contribution in [0.25, 0.3) is 0 Å². The van der Waals surface area contributed by atoms with E-state index in [2.05, 4.69) is 0 Å². The van der Waals surface area contributed by atoms with Gasteiger partial charge in [-0.25, -0.2) is 4.79 Å². The van der Waals surface area contributed by atoms with E-state index in [0.717, 1.165) is 0 Å². The van der Waals surface area contributed by atoms with E-state index in [1.54, 1.807) is 30.1 Å². The van der Waals surface area contributed by atoms with E-state index < -0.39 is 5.97 Å². The standard InChI is InChI=1S/C15H23N3O3/c1-10(2)18(5)14(19)9-21-15(20)12-8-11(16)6-7-13(12)17(3)4/h6-8,10H,9,16H2,1-5H3. The third-order valence-corrected chi connectivity index (χ3v) is 3.22. The minimum Gasteiger partial charge on any atom is -0.452 e. The Morgan fingerprint density at radius 2 is 1.86 bits per heavy atom. The number of esters is 1.